The normalized spacial score (nSPS) is 14.5. The van der Waals surface area contributed by atoms with Crippen molar-refractivity contribution in [2.24, 2.45) is 0 Å². The van der Waals surface area contributed by atoms with Gasteiger partial charge in [-0.3, -0.25) is 0 Å². The summed E-state index contributed by atoms with van der Waals surface area (Å²) in [5.74, 6) is 0.264. The minimum absolute atomic E-state index is 0.425. The van der Waals surface area contributed by atoms with Crippen LogP contribution in [-0.4, -0.2) is 22.9 Å². The molecule has 0 aromatic heterocycles. The van der Waals surface area contributed by atoms with Crippen molar-refractivity contribution in [3.63, 3.8) is 0 Å². The van der Waals surface area contributed by atoms with E-state index >= 15 is 0 Å². The molecule has 2 rings (SSSR count). The summed E-state index contributed by atoms with van der Waals surface area (Å²) in [7, 11) is 1.59. The molecule has 21 heavy (non-hydrogen) atoms. The van der Waals surface area contributed by atoms with Crippen molar-refractivity contribution in [3.05, 3.63) is 65.7 Å². The minimum Gasteiger partial charge on any atom is -0.497 e. The van der Waals surface area contributed by atoms with Gasteiger partial charge in [-0.2, -0.15) is 0 Å². The van der Waals surface area contributed by atoms with Gasteiger partial charge >= 0.3 is 0 Å². The standard InChI is InChI=1S/C18H22O3/c1-18(2,20)16(13-8-5-4-6-9-13)17(19)14-10-7-11-15(12-14)21-3/h4-12,16-17,19-20H,1-3H3. The van der Waals surface area contributed by atoms with E-state index in [9.17, 15) is 10.2 Å². The predicted molar refractivity (Wildman–Crippen MR) is 83.4 cm³/mol. The summed E-state index contributed by atoms with van der Waals surface area (Å²) >= 11 is 0. The number of hydrogen-bond donors (Lipinski definition) is 2. The van der Waals surface area contributed by atoms with Crippen molar-refractivity contribution in [3.8, 4) is 5.75 Å². The minimum atomic E-state index is -1.05. The van der Waals surface area contributed by atoms with Crippen LogP contribution in [-0.2, 0) is 0 Å². The highest BCUT2D eigenvalue weighted by atomic mass is 16.5. The van der Waals surface area contributed by atoms with Crippen LogP contribution < -0.4 is 4.74 Å². The van der Waals surface area contributed by atoms with Crippen LogP contribution in [0.25, 0.3) is 0 Å². The Kier molecular flexibility index (Phi) is 4.66. The number of rotatable bonds is 5. The maximum atomic E-state index is 10.8. The second-order valence-electron chi connectivity index (χ2n) is 5.76. The maximum absolute atomic E-state index is 10.8. The van der Waals surface area contributed by atoms with Gasteiger partial charge in [-0.05, 0) is 37.1 Å². The zero-order valence-electron chi connectivity index (χ0n) is 12.7. The molecule has 0 aliphatic heterocycles. The highest BCUT2D eigenvalue weighted by Gasteiger charge is 2.35. The molecule has 0 heterocycles. The fraction of sp³-hybridized carbons (Fsp3) is 0.333. The van der Waals surface area contributed by atoms with Gasteiger partial charge in [0.05, 0.1) is 18.8 Å². The summed E-state index contributed by atoms with van der Waals surface area (Å²) in [6.07, 6.45) is -0.817. The smallest absolute Gasteiger partial charge is 0.119 e. The third kappa shape index (κ3) is 3.63. The molecule has 0 aliphatic rings. The molecular formula is C18H22O3. The van der Waals surface area contributed by atoms with Crippen molar-refractivity contribution in [1.29, 1.82) is 0 Å². The first-order chi connectivity index (χ1) is 9.93. The first-order valence-electron chi connectivity index (χ1n) is 7.03. The van der Waals surface area contributed by atoms with E-state index in [4.69, 9.17) is 4.74 Å². The molecule has 2 aromatic rings. The van der Waals surface area contributed by atoms with Gasteiger partial charge in [0.1, 0.15) is 5.75 Å². The van der Waals surface area contributed by atoms with E-state index in [1.807, 2.05) is 48.5 Å². The Balaban J connectivity index is 2.41. The van der Waals surface area contributed by atoms with Crippen molar-refractivity contribution in [1.82, 2.24) is 0 Å². The van der Waals surface area contributed by atoms with E-state index in [0.29, 0.717) is 5.75 Å². The number of aliphatic hydroxyl groups is 2. The number of aliphatic hydroxyl groups excluding tert-OH is 1. The third-order valence-corrected chi connectivity index (χ3v) is 3.67. The van der Waals surface area contributed by atoms with Crippen LogP contribution in [0.15, 0.2) is 54.6 Å². The highest BCUT2D eigenvalue weighted by Crippen LogP contribution is 2.39. The van der Waals surface area contributed by atoms with Gasteiger partial charge in [-0.25, -0.2) is 0 Å². The average Bonchev–Trinajstić information content (AvgIpc) is 2.47. The molecule has 3 nitrogen and oxygen atoms in total. The second kappa shape index (κ2) is 6.29. The van der Waals surface area contributed by atoms with E-state index < -0.39 is 17.6 Å². The molecule has 0 spiro atoms. The fourth-order valence-electron chi connectivity index (χ4n) is 2.65. The zero-order chi connectivity index (χ0) is 15.5. The van der Waals surface area contributed by atoms with Crippen LogP contribution in [0, 0.1) is 0 Å². The molecule has 0 amide bonds. The molecule has 2 aromatic carbocycles. The summed E-state index contributed by atoms with van der Waals surface area (Å²) in [5.41, 5.74) is 0.578. The molecule has 112 valence electrons. The number of hydrogen-bond acceptors (Lipinski definition) is 3. The summed E-state index contributed by atoms with van der Waals surface area (Å²) in [6.45, 7) is 3.43. The van der Waals surface area contributed by atoms with Crippen molar-refractivity contribution in [2.75, 3.05) is 7.11 Å². The van der Waals surface area contributed by atoms with Gasteiger partial charge in [0.2, 0.25) is 0 Å². The lowest BCUT2D eigenvalue weighted by Crippen LogP contribution is -2.33. The SMILES string of the molecule is COc1cccc(C(O)C(c2ccccc2)C(C)(C)O)c1. The van der Waals surface area contributed by atoms with Crippen LogP contribution in [0.4, 0.5) is 0 Å². The van der Waals surface area contributed by atoms with Gasteiger partial charge in [0.15, 0.2) is 0 Å². The molecule has 3 heteroatoms. The monoisotopic (exact) mass is 286 g/mol. The molecule has 2 unspecified atom stereocenters. The van der Waals surface area contributed by atoms with Crippen molar-refractivity contribution < 1.29 is 14.9 Å². The van der Waals surface area contributed by atoms with E-state index in [1.54, 1.807) is 27.0 Å². The first kappa shape index (κ1) is 15.5. The lowest BCUT2D eigenvalue weighted by molar-refractivity contribution is -0.00933. The van der Waals surface area contributed by atoms with Gasteiger partial charge in [0, 0.05) is 5.92 Å². The summed E-state index contributed by atoms with van der Waals surface area (Å²) in [5, 5.41) is 21.3. The highest BCUT2D eigenvalue weighted by molar-refractivity contribution is 5.34. The summed E-state index contributed by atoms with van der Waals surface area (Å²) in [4.78, 5) is 0. The Morgan fingerprint density at radius 3 is 2.14 bits per heavy atom. The van der Waals surface area contributed by atoms with Crippen LogP contribution >= 0.6 is 0 Å². The second-order valence-corrected chi connectivity index (χ2v) is 5.76. The molecule has 0 fully saturated rings. The van der Waals surface area contributed by atoms with Gasteiger partial charge in [-0.1, -0.05) is 42.5 Å². The Morgan fingerprint density at radius 2 is 1.57 bits per heavy atom. The van der Waals surface area contributed by atoms with E-state index in [-0.39, 0.29) is 0 Å². The number of ether oxygens (including phenoxy) is 1. The average molecular weight is 286 g/mol. The van der Waals surface area contributed by atoms with Crippen LogP contribution in [0.2, 0.25) is 0 Å². The van der Waals surface area contributed by atoms with Gasteiger partial charge < -0.3 is 14.9 Å². The first-order valence-corrected chi connectivity index (χ1v) is 7.03. The van der Waals surface area contributed by atoms with Crippen LogP contribution in [0.3, 0.4) is 0 Å². The Labute approximate surface area is 125 Å². The van der Waals surface area contributed by atoms with E-state index in [1.165, 1.54) is 0 Å². The largest absolute Gasteiger partial charge is 0.497 e. The third-order valence-electron chi connectivity index (χ3n) is 3.67. The predicted octanol–water partition coefficient (Wildman–Crippen LogP) is 3.28. The van der Waals surface area contributed by atoms with Gasteiger partial charge in [0.25, 0.3) is 0 Å². The Hall–Kier alpha value is -1.84. The lowest BCUT2D eigenvalue weighted by atomic mass is 9.78. The molecular weight excluding hydrogens is 264 g/mol. The summed E-state index contributed by atoms with van der Waals surface area (Å²) in [6, 6.07) is 16.9. The maximum Gasteiger partial charge on any atom is 0.119 e. The molecule has 0 bridgehead atoms. The zero-order valence-corrected chi connectivity index (χ0v) is 12.7. The number of benzene rings is 2. The molecule has 0 radical (unpaired) electrons. The molecule has 0 saturated carbocycles. The fourth-order valence-corrected chi connectivity index (χ4v) is 2.65. The molecule has 2 N–H and O–H groups in total. The Bertz CT molecular complexity index is 573. The quantitative estimate of drug-likeness (QED) is 0.887. The molecule has 2 atom stereocenters. The van der Waals surface area contributed by atoms with Crippen LogP contribution in [0.5, 0.6) is 5.75 Å². The van der Waals surface area contributed by atoms with E-state index in [2.05, 4.69) is 0 Å². The Morgan fingerprint density at radius 1 is 0.952 bits per heavy atom. The molecule has 0 saturated heterocycles. The number of methoxy groups -OCH3 is 1. The lowest BCUT2D eigenvalue weighted by Gasteiger charge is -2.34. The molecule has 0 aliphatic carbocycles. The van der Waals surface area contributed by atoms with Gasteiger partial charge in [-0.15, -0.1) is 0 Å². The van der Waals surface area contributed by atoms with Crippen molar-refractivity contribution in [2.45, 2.75) is 31.5 Å². The van der Waals surface area contributed by atoms with Crippen molar-refractivity contribution >= 4 is 0 Å². The summed E-state index contributed by atoms with van der Waals surface area (Å²) < 4.78 is 5.20. The van der Waals surface area contributed by atoms with E-state index in [0.717, 1.165) is 11.1 Å². The van der Waals surface area contributed by atoms with Crippen LogP contribution in [0.1, 0.15) is 37.0 Å². The topological polar surface area (TPSA) is 49.7 Å².